The van der Waals surface area contributed by atoms with Gasteiger partial charge in [0.2, 0.25) is 0 Å². The van der Waals surface area contributed by atoms with Gasteiger partial charge in [0.25, 0.3) is 5.91 Å². The number of H-pyrrole nitrogens is 2. The Labute approximate surface area is 174 Å². The highest BCUT2D eigenvalue weighted by Gasteiger charge is 2.12. The molecule has 5 rings (SSSR count). The molecule has 0 radical (unpaired) electrons. The second kappa shape index (κ2) is 7.56. The smallest absolute Gasteiger partial charge is 0.267 e. The van der Waals surface area contributed by atoms with E-state index in [4.69, 9.17) is 0 Å². The molecule has 3 N–H and O–H groups in total. The minimum absolute atomic E-state index is 0.0971. The number of aryl methyl sites for hydroxylation is 1. The van der Waals surface area contributed by atoms with E-state index in [0.717, 1.165) is 22.9 Å². The molecule has 0 aliphatic carbocycles. The summed E-state index contributed by atoms with van der Waals surface area (Å²) in [6.07, 6.45) is 0.951. The lowest BCUT2D eigenvalue weighted by Gasteiger charge is -2.07. The van der Waals surface area contributed by atoms with Crippen LogP contribution in [0.4, 0.5) is 0 Å². The van der Waals surface area contributed by atoms with Crippen LogP contribution in [0.1, 0.15) is 28.7 Å². The Morgan fingerprint density at radius 2 is 1.60 bits per heavy atom. The van der Waals surface area contributed by atoms with Gasteiger partial charge in [-0.25, -0.2) is 0 Å². The van der Waals surface area contributed by atoms with Crippen LogP contribution >= 0.6 is 0 Å². The van der Waals surface area contributed by atoms with Crippen LogP contribution in [0.3, 0.4) is 0 Å². The fraction of sp³-hybridized carbons (Fsp3) is 0.115. The molecule has 5 aromatic rings. The van der Waals surface area contributed by atoms with E-state index < -0.39 is 0 Å². The molecule has 0 aliphatic heterocycles. The minimum Gasteiger partial charge on any atom is -0.358 e. The number of amides is 1. The lowest BCUT2D eigenvalue weighted by molar-refractivity contribution is 0.0947. The summed E-state index contributed by atoms with van der Waals surface area (Å²) < 4.78 is 0. The molecule has 2 heterocycles. The van der Waals surface area contributed by atoms with Crippen LogP contribution in [0.15, 0.2) is 78.9 Å². The van der Waals surface area contributed by atoms with Gasteiger partial charge in [-0.3, -0.25) is 4.79 Å². The van der Waals surface area contributed by atoms with Gasteiger partial charge in [-0.1, -0.05) is 67.6 Å². The SMILES string of the molecule is CCc1[nH]c2ccccc2c1-c1ccc(CNC(=O)c2cc3ccccc3[nH]2)cc1. The molecule has 3 aromatic carbocycles. The number of hydrogen-bond acceptors (Lipinski definition) is 1. The molecule has 0 saturated carbocycles. The van der Waals surface area contributed by atoms with Crippen LogP contribution in [0.2, 0.25) is 0 Å². The Hall–Kier alpha value is -3.79. The molecule has 0 unspecified atom stereocenters. The number of nitrogens with one attached hydrogen (secondary N) is 3. The third-order valence-corrected chi connectivity index (χ3v) is 5.61. The maximum absolute atomic E-state index is 12.5. The van der Waals surface area contributed by atoms with E-state index in [1.165, 1.54) is 27.7 Å². The van der Waals surface area contributed by atoms with Gasteiger partial charge in [0.1, 0.15) is 5.69 Å². The van der Waals surface area contributed by atoms with Crippen LogP contribution in [-0.2, 0) is 13.0 Å². The third kappa shape index (κ3) is 3.26. The molecule has 30 heavy (non-hydrogen) atoms. The van der Waals surface area contributed by atoms with Crippen molar-refractivity contribution in [1.82, 2.24) is 15.3 Å². The molecule has 4 heteroatoms. The van der Waals surface area contributed by atoms with Gasteiger partial charge in [-0.05, 0) is 35.7 Å². The molecule has 0 aliphatic rings. The summed E-state index contributed by atoms with van der Waals surface area (Å²) in [5.74, 6) is -0.0971. The molecule has 0 atom stereocenters. The standard InChI is InChI=1S/C26H23N3O/c1-2-21-25(20-8-4-6-10-23(20)28-21)18-13-11-17(12-14-18)16-27-26(30)24-15-19-7-3-5-9-22(19)29-24/h3-15,28-29H,2,16H2,1H3,(H,27,30). The van der Waals surface area contributed by atoms with Crippen LogP contribution in [0.5, 0.6) is 0 Å². The second-order valence-corrected chi connectivity index (χ2v) is 7.53. The van der Waals surface area contributed by atoms with Crippen molar-refractivity contribution in [3.05, 3.63) is 95.8 Å². The van der Waals surface area contributed by atoms with Crippen LogP contribution in [0.25, 0.3) is 32.9 Å². The normalized spacial score (nSPS) is 11.2. The first kappa shape index (κ1) is 18.3. The van der Waals surface area contributed by atoms with E-state index in [9.17, 15) is 4.79 Å². The summed E-state index contributed by atoms with van der Waals surface area (Å²) >= 11 is 0. The number of benzene rings is 3. The number of aromatic nitrogens is 2. The third-order valence-electron chi connectivity index (χ3n) is 5.61. The summed E-state index contributed by atoms with van der Waals surface area (Å²) in [7, 11) is 0. The van der Waals surface area contributed by atoms with Crippen molar-refractivity contribution in [2.75, 3.05) is 0 Å². The molecule has 4 nitrogen and oxygen atoms in total. The van der Waals surface area contributed by atoms with E-state index in [-0.39, 0.29) is 5.91 Å². The van der Waals surface area contributed by atoms with Crippen molar-refractivity contribution in [2.24, 2.45) is 0 Å². The second-order valence-electron chi connectivity index (χ2n) is 7.53. The van der Waals surface area contributed by atoms with Crippen molar-refractivity contribution in [1.29, 1.82) is 0 Å². The quantitative estimate of drug-likeness (QED) is 0.347. The minimum atomic E-state index is -0.0971. The Bertz CT molecular complexity index is 1310. The number of rotatable bonds is 5. The van der Waals surface area contributed by atoms with Crippen molar-refractivity contribution < 1.29 is 4.79 Å². The lowest BCUT2D eigenvalue weighted by atomic mass is 9.99. The number of carbonyl (C=O) groups is 1. The molecule has 0 saturated heterocycles. The number of carbonyl (C=O) groups excluding carboxylic acids is 1. The van der Waals surface area contributed by atoms with Gasteiger partial charge in [0, 0.05) is 39.6 Å². The lowest BCUT2D eigenvalue weighted by Crippen LogP contribution is -2.23. The number of fused-ring (bicyclic) bond motifs is 2. The van der Waals surface area contributed by atoms with E-state index in [1.807, 2.05) is 30.3 Å². The Morgan fingerprint density at radius 3 is 2.37 bits per heavy atom. The zero-order chi connectivity index (χ0) is 20.5. The number of hydrogen-bond donors (Lipinski definition) is 3. The van der Waals surface area contributed by atoms with Crippen molar-refractivity contribution in [2.45, 2.75) is 19.9 Å². The van der Waals surface area contributed by atoms with Crippen molar-refractivity contribution in [3.63, 3.8) is 0 Å². The molecular formula is C26H23N3O. The molecule has 148 valence electrons. The summed E-state index contributed by atoms with van der Waals surface area (Å²) in [5.41, 5.74) is 7.49. The fourth-order valence-corrected chi connectivity index (χ4v) is 4.06. The first-order valence-electron chi connectivity index (χ1n) is 10.3. The summed E-state index contributed by atoms with van der Waals surface area (Å²) in [5, 5.41) is 5.29. The zero-order valence-electron chi connectivity index (χ0n) is 16.8. The van der Waals surface area contributed by atoms with Gasteiger partial charge >= 0.3 is 0 Å². The largest absolute Gasteiger partial charge is 0.358 e. The highest BCUT2D eigenvalue weighted by atomic mass is 16.1. The average molecular weight is 393 g/mol. The van der Waals surface area contributed by atoms with Crippen LogP contribution in [0, 0.1) is 0 Å². The monoisotopic (exact) mass is 393 g/mol. The first-order chi connectivity index (χ1) is 14.7. The molecule has 1 amide bonds. The summed E-state index contributed by atoms with van der Waals surface area (Å²) in [6.45, 7) is 2.66. The highest BCUT2D eigenvalue weighted by Crippen LogP contribution is 2.32. The predicted molar refractivity (Wildman–Crippen MR) is 123 cm³/mol. The Balaban J connectivity index is 1.34. The maximum Gasteiger partial charge on any atom is 0.267 e. The summed E-state index contributed by atoms with van der Waals surface area (Å²) in [6, 6.07) is 26.6. The van der Waals surface area contributed by atoms with E-state index >= 15 is 0 Å². The molecule has 2 aromatic heterocycles. The summed E-state index contributed by atoms with van der Waals surface area (Å²) in [4.78, 5) is 19.2. The fourth-order valence-electron chi connectivity index (χ4n) is 4.06. The first-order valence-corrected chi connectivity index (χ1v) is 10.3. The molecule has 0 bridgehead atoms. The van der Waals surface area contributed by atoms with Gasteiger partial charge in [0.05, 0.1) is 0 Å². The van der Waals surface area contributed by atoms with E-state index in [0.29, 0.717) is 12.2 Å². The zero-order valence-corrected chi connectivity index (χ0v) is 16.8. The Kier molecular flexibility index (Phi) is 4.60. The number of aromatic amines is 2. The maximum atomic E-state index is 12.5. The van der Waals surface area contributed by atoms with E-state index in [2.05, 4.69) is 70.7 Å². The molecule has 0 fully saturated rings. The van der Waals surface area contributed by atoms with Crippen molar-refractivity contribution >= 4 is 27.7 Å². The van der Waals surface area contributed by atoms with Crippen molar-refractivity contribution in [3.8, 4) is 11.1 Å². The van der Waals surface area contributed by atoms with Gasteiger partial charge in [-0.15, -0.1) is 0 Å². The van der Waals surface area contributed by atoms with Crippen LogP contribution < -0.4 is 5.32 Å². The topological polar surface area (TPSA) is 60.7 Å². The number of para-hydroxylation sites is 2. The molecular weight excluding hydrogens is 370 g/mol. The van der Waals surface area contributed by atoms with Gasteiger partial charge in [-0.2, -0.15) is 0 Å². The van der Waals surface area contributed by atoms with Gasteiger partial charge < -0.3 is 15.3 Å². The predicted octanol–water partition coefficient (Wildman–Crippen LogP) is 5.81. The molecule has 0 spiro atoms. The van der Waals surface area contributed by atoms with E-state index in [1.54, 1.807) is 0 Å². The highest BCUT2D eigenvalue weighted by molar-refractivity contribution is 5.98. The average Bonchev–Trinajstić information content (AvgIpc) is 3.39. The Morgan fingerprint density at radius 1 is 0.867 bits per heavy atom. The van der Waals surface area contributed by atoms with Gasteiger partial charge in [0.15, 0.2) is 0 Å². The van der Waals surface area contributed by atoms with Crippen LogP contribution in [-0.4, -0.2) is 15.9 Å².